The molecular formula is C22H22O8. The van der Waals surface area contributed by atoms with Crippen molar-refractivity contribution in [2.45, 2.75) is 12.5 Å². The number of carbonyl (C=O) groups is 2. The summed E-state index contributed by atoms with van der Waals surface area (Å²) >= 11 is 0. The van der Waals surface area contributed by atoms with E-state index in [0.717, 1.165) is 0 Å². The lowest BCUT2D eigenvalue weighted by molar-refractivity contribution is -0.139. The Morgan fingerprint density at radius 1 is 1.00 bits per heavy atom. The highest BCUT2D eigenvalue weighted by Crippen LogP contribution is 2.44. The molecule has 1 aliphatic carbocycles. The Kier molecular flexibility index (Phi) is 6.27. The Hall–Kier alpha value is -3.52. The number of hydrogen-bond donors (Lipinski definition) is 2. The van der Waals surface area contributed by atoms with E-state index in [1.54, 1.807) is 36.4 Å². The maximum atomic E-state index is 12.7. The second kappa shape index (κ2) is 8.87. The van der Waals surface area contributed by atoms with Gasteiger partial charge in [0.1, 0.15) is 5.75 Å². The molecule has 0 spiro atoms. The summed E-state index contributed by atoms with van der Waals surface area (Å²) in [4.78, 5) is 23.4. The highest BCUT2D eigenvalue weighted by atomic mass is 16.5. The Morgan fingerprint density at radius 3 is 2.10 bits per heavy atom. The van der Waals surface area contributed by atoms with Crippen LogP contribution in [0.1, 0.15) is 17.5 Å². The maximum Gasteiger partial charge on any atom is 0.341 e. The summed E-state index contributed by atoms with van der Waals surface area (Å²) in [6, 6.07) is 9.85. The van der Waals surface area contributed by atoms with Crippen molar-refractivity contribution in [3.05, 3.63) is 47.5 Å². The van der Waals surface area contributed by atoms with Crippen LogP contribution in [0.4, 0.5) is 0 Å². The SMILES string of the molecule is COc1cc(C2=C(c3ccc(OCC(=O)O)cc3)C(O)CC2=O)cc(OC)c1OC. The highest BCUT2D eigenvalue weighted by molar-refractivity contribution is 6.32. The van der Waals surface area contributed by atoms with Crippen LogP contribution in [0.25, 0.3) is 11.1 Å². The number of Topliss-reactive ketones (excluding diaryl/α,β-unsaturated/α-hetero) is 1. The second-order valence-corrected chi connectivity index (χ2v) is 6.55. The van der Waals surface area contributed by atoms with E-state index < -0.39 is 18.7 Å². The largest absolute Gasteiger partial charge is 0.493 e. The lowest BCUT2D eigenvalue weighted by Crippen LogP contribution is -2.09. The van der Waals surface area contributed by atoms with Gasteiger partial charge in [-0.05, 0) is 41.0 Å². The molecule has 0 saturated heterocycles. The topological polar surface area (TPSA) is 112 Å². The fourth-order valence-corrected chi connectivity index (χ4v) is 3.45. The molecule has 2 aromatic carbocycles. The van der Waals surface area contributed by atoms with E-state index in [2.05, 4.69) is 0 Å². The van der Waals surface area contributed by atoms with Crippen molar-refractivity contribution >= 4 is 22.9 Å². The Balaban J connectivity index is 2.09. The summed E-state index contributed by atoms with van der Waals surface area (Å²) in [5, 5.41) is 19.3. The molecule has 0 heterocycles. The number of rotatable bonds is 8. The zero-order valence-corrected chi connectivity index (χ0v) is 16.8. The van der Waals surface area contributed by atoms with Gasteiger partial charge in [0.2, 0.25) is 5.75 Å². The Bertz CT molecular complexity index is 966. The molecule has 0 amide bonds. The minimum absolute atomic E-state index is 0.0431. The maximum absolute atomic E-state index is 12.7. The first-order valence-corrected chi connectivity index (χ1v) is 9.10. The number of hydrogen-bond acceptors (Lipinski definition) is 7. The molecule has 2 N–H and O–H groups in total. The molecule has 0 aliphatic heterocycles. The molecule has 1 aliphatic rings. The summed E-state index contributed by atoms with van der Waals surface area (Å²) in [5.41, 5.74) is 1.99. The molecule has 0 aromatic heterocycles. The monoisotopic (exact) mass is 414 g/mol. The quantitative estimate of drug-likeness (QED) is 0.677. The fraction of sp³-hybridized carbons (Fsp3) is 0.273. The van der Waals surface area contributed by atoms with Gasteiger partial charge < -0.3 is 29.2 Å². The number of carboxylic acid groups (broad SMARTS) is 1. The van der Waals surface area contributed by atoms with Crippen LogP contribution in [0.2, 0.25) is 0 Å². The number of carbonyl (C=O) groups excluding carboxylic acids is 1. The van der Waals surface area contributed by atoms with Gasteiger partial charge >= 0.3 is 5.97 Å². The zero-order valence-electron chi connectivity index (χ0n) is 16.8. The van der Waals surface area contributed by atoms with E-state index in [9.17, 15) is 14.7 Å². The van der Waals surface area contributed by atoms with E-state index in [4.69, 9.17) is 24.1 Å². The highest BCUT2D eigenvalue weighted by Gasteiger charge is 2.33. The van der Waals surface area contributed by atoms with Gasteiger partial charge in [-0.25, -0.2) is 4.79 Å². The van der Waals surface area contributed by atoms with Gasteiger partial charge in [0, 0.05) is 12.0 Å². The zero-order chi connectivity index (χ0) is 21.8. The lowest BCUT2D eigenvalue weighted by Gasteiger charge is -2.16. The van der Waals surface area contributed by atoms with Crippen LogP contribution in [-0.2, 0) is 9.59 Å². The minimum atomic E-state index is -1.08. The van der Waals surface area contributed by atoms with E-state index in [1.165, 1.54) is 21.3 Å². The van der Waals surface area contributed by atoms with Crippen molar-refractivity contribution in [3.8, 4) is 23.0 Å². The van der Waals surface area contributed by atoms with Crippen molar-refractivity contribution in [3.63, 3.8) is 0 Å². The van der Waals surface area contributed by atoms with Crippen molar-refractivity contribution in [1.29, 1.82) is 0 Å². The van der Waals surface area contributed by atoms with Crippen molar-refractivity contribution in [1.82, 2.24) is 0 Å². The molecule has 30 heavy (non-hydrogen) atoms. The number of ether oxygens (including phenoxy) is 4. The van der Waals surface area contributed by atoms with E-state index in [-0.39, 0.29) is 12.2 Å². The number of carboxylic acids is 1. The molecule has 8 heteroatoms. The van der Waals surface area contributed by atoms with Crippen LogP contribution < -0.4 is 18.9 Å². The molecule has 1 atom stereocenters. The first-order valence-electron chi connectivity index (χ1n) is 9.10. The summed E-state index contributed by atoms with van der Waals surface area (Å²) in [6.45, 7) is -0.458. The number of aliphatic hydroxyl groups excluding tert-OH is 1. The average molecular weight is 414 g/mol. The number of methoxy groups -OCH3 is 3. The van der Waals surface area contributed by atoms with E-state index in [1.807, 2.05) is 0 Å². The molecular weight excluding hydrogens is 392 g/mol. The number of aliphatic carboxylic acids is 1. The standard InChI is InChI=1S/C22H22O8/c1-27-17-8-13(9-18(28-2)22(17)29-3)21-16(24)10-15(23)20(21)12-4-6-14(7-5-12)30-11-19(25)26/h4-9,15,23H,10-11H2,1-3H3,(H,25,26). The van der Waals surface area contributed by atoms with Crippen LogP contribution in [0.5, 0.6) is 23.0 Å². The van der Waals surface area contributed by atoms with Gasteiger partial charge in [0.25, 0.3) is 0 Å². The molecule has 0 fully saturated rings. The lowest BCUT2D eigenvalue weighted by atomic mass is 9.95. The van der Waals surface area contributed by atoms with Crippen molar-refractivity contribution < 1.29 is 38.7 Å². The fourth-order valence-electron chi connectivity index (χ4n) is 3.45. The van der Waals surface area contributed by atoms with E-state index in [0.29, 0.717) is 45.3 Å². The first-order chi connectivity index (χ1) is 14.4. The number of benzene rings is 2. The van der Waals surface area contributed by atoms with E-state index >= 15 is 0 Å². The summed E-state index contributed by atoms with van der Waals surface area (Å²) in [5.74, 6) is 0.267. The van der Waals surface area contributed by atoms with Crippen LogP contribution in [0.3, 0.4) is 0 Å². The van der Waals surface area contributed by atoms with Crippen LogP contribution in [-0.4, -0.2) is 56.0 Å². The van der Waals surface area contributed by atoms with Crippen LogP contribution >= 0.6 is 0 Å². The third kappa shape index (κ3) is 4.08. The van der Waals surface area contributed by atoms with Crippen LogP contribution in [0, 0.1) is 0 Å². The third-order valence-electron chi connectivity index (χ3n) is 4.74. The van der Waals surface area contributed by atoms with Gasteiger partial charge in [-0.2, -0.15) is 0 Å². The second-order valence-electron chi connectivity index (χ2n) is 6.55. The summed E-state index contributed by atoms with van der Waals surface area (Å²) < 4.78 is 21.2. The average Bonchev–Trinajstić information content (AvgIpc) is 3.04. The molecule has 2 aromatic rings. The number of allylic oxidation sites excluding steroid dienone is 1. The predicted molar refractivity (Wildman–Crippen MR) is 108 cm³/mol. The predicted octanol–water partition coefficient (Wildman–Crippen LogP) is 2.42. The van der Waals surface area contributed by atoms with Gasteiger partial charge in [0.15, 0.2) is 23.9 Å². The van der Waals surface area contributed by atoms with Gasteiger partial charge in [-0.1, -0.05) is 12.1 Å². The molecule has 0 radical (unpaired) electrons. The molecule has 3 rings (SSSR count). The summed E-state index contributed by atoms with van der Waals surface area (Å²) in [7, 11) is 4.46. The Labute approximate surface area is 173 Å². The van der Waals surface area contributed by atoms with Gasteiger partial charge in [-0.15, -0.1) is 0 Å². The van der Waals surface area contributed by atoms with Crippen molar-refractivity contribution in [2.24, 2.45) is 0 Å². The molecule has 158 valence electrons. The van der Waals surface area contributed by atoms with Crippen LogP contribution in [0.15, 0.2) is 36.4 Å². The normalized spacial score (nSPS) is 15.9. The molecule has 0 saturated carbocycles. The third-order valence-corrected chi connectivity index (χ3v) is 4.74. The van der Waals surface area contributed by atoms with Crippen molar-refractivity contribution in [2.75, 3.05) is 27.9 Å². The molecule has 1 unspecified atom stereocenters. The molecule has 0 bridgehead atoms. The van der Waals surface area contributed by atoms with Gasteiger partial charge in [-0.3, -0.25) is 4.79 Å². The smallest absolute Gasteiger partial charge is 0.341 e. The van der Waals surface area contributed by atoms with Gasteiger partial charge in [0.05, 0.1) is 27.4 Å². The Morgan fingerprint density at radius 2 is 1.60 bits per heavy atom. The molecule has 8 nitrogen and oxygen atoms in total. The number of aliphatic hydroxyl groups is 1. The minimum Gasteiger partial charge on any atom is -0.493 e. The number of ketones is 1. The first kappa shape index (κ1) is 21.2. The summed E-state index contributed by atoms with van der Waals surface area (Å²) in [6.07, 6.45) is -1.02.